The van der Waals surface area contributed by atoms with Crippen LogP contribution in [0.25, 0.3) is 11.0 Å². The molecule has 192 valence electrons. The summed E-state index contributed by atoms with van der Waals surface area (Å²) >= 11 is 0. The third-order valence-corrected chi connectivity index (χ3v) is 6.53. The Morgan fingerprint density at radius 2 is 1.92 bits per heavy atom. The van der Waals surface area contributed by atoms with Crippen molar-refractivity contribution in [3.63, 3.8) is 0 Å². The van der Waals surface area contributed by atoms with Gasteiger partial charge in [0.1, 0.15) is 17.8 Å². The van der Waals surface area contributed by atoms with E-state index in [0.29, 0.717) is 29.2 Å². The molecule has 0 saturated carbocycles. The lowest BCUT2D eigenvalue weighted by atomic mass is 10.0. The second-order valence-corrected chi connectivity index (χ2v) is 9.59. The lowest BCUT2D eigenvalue weighted by Gasteiger charge is -2.33. The molecule has 0 bridgehead atoms. The van der Waals surface area contributed by atoms with E-state index < -0.39 is 11.6 Å². The molecule has 2 amide bonds. The minimum absolute atomic E-state index is 0.104. The van der Waals surface area contributed by atoms with E-state index in [9.17, 15) is 9.59 Å². The molecule has 4 aromatic rings. The maximum atomic E-state index is 13.9. The van der Waals surface area contributed by atoms with Crippen LogP contribution < -0.4 is 14.8 Å². The SMILES string of the molecule is CCC(C)(C)NC(=O)C(c1ccco1)N(Cc1ccc2c(c1)OCO2)C(=O)Cn1nnc2ccccc21. The summed E-state index contributed by atoms with van der Waals surface area (Å²) < 4.78 is 18.2. The summed E-state index contributed by atoms with van der Waals surface area (Å²) in [4.78, 5) is 29.1. The van der Waals surface area contributed by atoms with Gasteiger partial charge in [-0.3, -0.25) is 9.59 Å². The van der Waals surface area contributed by atoms with Gasteiger partial charge in [0.2, 0.25) is 12.7 Å². The first-order valence-corrected chi connectivity index (χ1v) is 12.2. The second kappa shape index (κ2) is 9.96. The lowest BCUT2D eigenvalue weighted by Crippen LogP contribution is -2.50. The standard InChI is InChI=1S/C27H29N5O5/c1-4-27(2,3)28-26(34)25(22-10-7-13-35-22)31(15-18-11-12-21-23(14-18)37-17-36-21)24(33)16-32-20-9-6-5-8-19(20)29-30-32/h5-14,25H,4,15-17H2,1-3H3,(H,28,34). The molecule has 3 heterocycles. The lowest BCUT2D eigenvalue weighted by molar-refractivity contribution is -0.143. The molecule has 0 spiro atoms. The largest absolute Gasteiger partial charge is 0.467 e. The number of benzene rings is 2. The van der Waals surface area contributed by atoms with E-state index in [1.165, 1.54) is 15.8 Å². The third kappa shape index (κ3) is 5.13. The molecule has 1 unspecified atom stereocenters. The summed E-state index contributed by atoms with van der Waals surface area (Å²) in [6.45, 7) is 6.04. The van der Waals surface area contributed by atoms with Crippen molar-refractivity contribution in [1.29, 1.82) is 0 Å². The quantitative estimate of drug-likeness (QED) is 0.369. The first-order valence-electron chi connectivity index (χ1n) is 12.2. The smallest absolute Gasteiger partial charge is 0.251 e. The number of carbonyl (C=O) groups excluding carboxylic acids is 2. The van der Waals surface area contributed by atoms with Gasteiger partial charge in [-0.1, -0.05) is 30.3 Å². The summed E-state index contributed by atoms with van der Waals surface area (Å²) in [5.74, 6) is 0.944. The average molecular weight is 504 g/mol. The predicted molar refractivity (Wildman–Crippen MR) is 135 cm³/mol. The topological polar surface area (TPSA) is 112 Å². The summed E-state index contributed by atoms with van der Waals surface area (Å²) in [6.07, 6.45) is 2.21. The zero-order chi connectivity index (χ0) is 26.0. The maximum absolute atomic E-state index is 13.9. The fourth-order valence-electron chi connectivity index (χ4n) is 4.17. The Kier molecular flexibility index (Phi) is 6.56. The van der Waals surface area contributed by atoms with Crippen molar-refractivity contribution in [3.8, 4) is 11.5 Å². The highest BCUT2D eigenvalue weighted by atomic mass is 16.7. The number of nitrogens with zero attached hydrogens (tertiary/aromatic N) is 4. The number of hydrogen-bond acceptors (Lipinski definition) is 7. The van der Waals surface area contributed by atoms with Gasteiger partial charge >= 0.3 is 0 Å². The number of nitrogens with one attached hydrogen (secondary N) is 1. The number of rotatable bonds is 9. The van der Waals surface area contributed by atoms with Crippen LogP contribution in [0.5, 0.6) is 11.5 Å². The molecule has 37 heavy (non-hydrogen) atoms. The minimum Gasteiger partial charge on any atom is -0.467 e. The molecule has 1 aliphatic rings. The van der Waals surface area contributed by atoms with Gasteiger partial charge in [-0.25, -0.2) is 4.68 Å². The van der Waals surface area contributed by atoms with Crippen LogP contribution in [0, 0.1) is 0 Å². The van der Waals surface area contributed by atoms with Gasteiger partial charge in [-0.15, -0.1) is 5.10 Å². The fourth-order valence-corrected chi connectivity index (χ4v) is 4.17. The zero-order valence-corrected chi connectivity index (χ0v) is 21.0. The summed E-state index contributed by atoms with van der Waals surface area (Å²) in [7, 11) is 0. The van der Waals surface area contributed by atoms with Crippen molar-refractivity contribution in [2.75, 3.05) is 6.79 Å². The molecule has 0 radical (unpaired) electrons. The average Bonchev–Trinajstić information content (AvgIpc) is 3.65. The first kappa shape index (κ1) is 24.4. The van der Waals surface area contributed by atoms with Gasteiger partial charge in [0.15, 0.2) is 17.5 Å². The van der Waals surface area contributed by atoms with Crippen LogP contribution in [-0.4, -0.2) is 44.0 Å². The molecule has 1 atom stereocenters. The Hall–Kier alpha value is -4.34. The molecule has 2 aromatic heterocycles. The van der Waals surface area contributed by atoms with Crippen LogP contribution in [0.3, 0.4) is 0 Å². The van der Waals surface area contributed by atoms with E-state index in [1.54, 1.807) is 18.2 Å². The normalized spacial score (nSPS) is 13.5. The Bertz CT molecular complexity index is 1410. The van der Waals surface area contributed by atoms with E-state index >= 15 is 0 Å². The highest BCUT2D eigenvalue weighted by Gasteiger charge is 2.36. The molecule has 1 aliphatic heterocycles. The van der Waals surface area contributed by atoms with E-state index in [2.05, 4.69) is 15.6 Å². The van der Waals surface area contributed by atoms with E-state index in [-0.39, 0.29) is 31.7 Å². The van der Waals surface area contributed by atoms with Gasteiger partial charge in [0.25, 0.3) is 5.91 Å². The second-order valence-electron chi connectivity index (χ2n) is 9.59. The van der Waals surface area contributed by atoms with Gasteiger partial charge in [-0.2, -0.15) is 0 Å². The van der Waals surface area contributed by atoms with Gasteiger partial charge < -0.3 is 24.1 Å². The number of furan rings is 1. The minimum atomic E-state index is -1.01. The molecule has 2 aromatic carbocycles. The Balaban J connectivity index is 1.52. The number of aromatic nitrogens is 3. The van der Waals surface area contributed by atoms with Crippen LogP contribution in [0.1, 0.15) is 44.6 Å². The van der Waals surface area contributed by atoms with Crippen molar-refractivity contribution >= 4 is 22.8 Å². The molecule has 10 heteroatoms. The predicted octanol–water partition coefficient (Wildman–Crippen LogP) is 3.83. The summed E-state index contributed by atoms with van der Waals surface area (Å²) in [5.41, 5.74) is 1.71. The molecule has 0 saturated heterocycles. The highest BCUT2D eigenvalue weighted by Crippen LogP contribution is 2.34. The highest BCUT2D eigenvalue weighted by molar-refractivity contribution is 5.89. The Morgan fingerprint density at radius 1 is 1.11 bits per heavy atom. The third-order valence-electron chi connectivity index (χ3n) is 6.53. The van der Waals surface area contributed by atoms with Crippen molar-refractivity contribution in [3.05, 3.63) is 72.2 Å². The van der Waals surface area contributed by atoms with Crippen molar-refractivity contribution in [2.24, 2.45) is 0 Å². The van der Waals surface area contributed by atoms with Crippen LogP contribution in [0.4, 0.5) is 0 Å². The Labute approximate surface area is 214 Å². The maximum Gasteiger partial charge on any atom is 0.251 e. The number of ether oxygens (including phenoxy) is 2. The fraction of sp³-hybridized carbons (Fsp3) is 0.333. The molecule has 0 aliphatic carbocycles. The molecule has 0 fully saturated rings. The summed E-state index contributed by atoms with van der Waals surface area (Å²) in [5, 5.41) is 11.4. The molecular weight excluding hydrogens is 474 g/mol. The monoisotopic (exact) mass is 503 g/mol. The molecular formula is C27H29N5O5. The molecule has 1 N–H and O–H groups in total. The van der Waals surface area contributed by atoms with Crippen molar-refractivity contribution in [2.45, 2.75) is 51.9 Å². The number of amides is 2. The first-order chi connectivity index (χ1) is 17.8. The van der Waals surface area contributed by atoms with Gasteiger partial charge in [0, 0.05) is 12.1 Å². The molecule has 10 nitrogen and oxygen atoms in total. The Morgan fingerprint density at radius 3 is 2.70 bits per heavy atom. The van der Waals surface area contributed by atoms with Gasteiger partial charge in [-0.05, 0) is 62.2 Å². The van der Waals surface area contributed by atoms with Crippen LogP contribution in [0.15, 0.2) is 65.3 Å². The van der Waals surface area contributed by atoms with Crippen molar-refractivity contribution < 1.29 is 23.5 Å². The number of carbonyl (C=O) groups is 2. The van der Waals surface area contributed by atoms with Gasteiger partial charge in [0.05, 0.1) is 11.8 Å². The van der Waals surface area contributed by atoms with E-state index in [4.69, 9.17) is 13.9 Å². The van der Waals surface area contributed by atoms with Crippen LogP contribution in [0.2, 0.25) is 0 Å². The van der Waals surface area contributed by atoms with Crippen molar-refractivity contribution in [1.82, 2.24) is 25.2 Å². The zero-order valence-electron chi connectivity index (χ0n) is 21.0. The number of hydrogen-bond donors (Lipinski definition) is 1. The van der Waals surface area contributed by atoms with E-state index in [1.807, 2.05) is 57.2 Å². The number of fused-ring (bicyclic) bond motifs is 2. The summed E-state index contributed by atoms with van der Waals surface area (Å²) in [6, 6.07) is 15.3. The number of para-hydroxylation sites is 1. The van der Waals surface area contributed by atoms with E-state index in [0.717, 1.165) is 11.1 Å². The van der Waals surface area contributed by atoms with Crippen LogP contribution in [-0.2, 0) is 22.7 Å². The molecule has 5 rings (SSSR count). The van der Waals surface area contributed by atoms with Crippen LogP contribution >= 0.6 is 0 Å².